The van der Waals surface area contributed by atoms with Gasteiger partial charge in [-0.05, 0) is 32.1 Å². The lowest BCUT2D eigenvalue weighted by atomic mass is 9.87. The Balaban J connectivity index is 0.00000114. The number of rotatable bonds is 8. The number of aryl methyl sites for hydroxylation is 1. The van der Waals surface area contributed by atoms with Crippen LogP contribution in [0.4, 0.5) is 0 Å². The second-order valence-electron chi connectivity index (χ2n) is 8.53. The number of methoxy groups -OCH3 is 1. The highest BCUT2D eigenvalue weighted by Crippen LogP contribution is 2.30. The van der Waals surface area contributed by atoms with E-state index in [9.17, 15) is 9.59 Å². The van der Waals surface area contributed by atoms with Gasteiger partial charge in [0.15, 0.2) is 0 Å². The summed E-state index contributed by atoms with van der Waals surface area (Å²) in [4.78, 5) is 45.2. The van der Waals surface area contributed by atoms with E-state index in [-0.39, 0.29) is 24.2 Å². The number of nitrogens with one attached hydrogen (secondary N) is 1. The Bertz CT molecular complexity index is 745. The maximum Gasteiger partial charge on any atom is 0.290 e. The van der Waals surface area contributed by atoms with Crippen molar-refractivity contribution >= 4 is 18.3 Å². The molecule has 0 spiro atoms. The molecule has 3 heterocycles. The first kappa shape index (κ1) is 25.8. The predicted octanol–water partition coefficient (Wildman–Crippen LogP) is 1.16. The van der Waals surface area contributed by atoms with Gasteiger partial charge in [-0.2, -0.15) is 0 Å². The second-order valence-corrected chi connectivity index (χ2v) is 8.53. The molecule has 2 amide bonds. The average molecular weight is 452 g/mol. The lowest BCUT2D eigenvalue weighted by Crippen LogP contribution is -2.58. The molecule has 2 aliphatic rings. The van der Waals surface area contributed by atoms with Gasteiger partial charge >= 0.3 is 0 Å². The number of ether oxygens (including phenoxy) is 1. The van der Waals surface area contributed by atoms with Crippen LogP contribution in [0.15, 0.2) is 6.20 Å². The summed E-state index contributed by atoms with van der Waals surface area (Å²) in [7, 11) is 1.62. The standard InChI is InChI=1S/C21H35N5O3.CH2O2/c1-3-4-7-18-23-13-17(24-18)15-25-11-8-21(29-2,9-12-25)20(28)26-10-5-6-16(14-26)19(22)27;2-1-3/h13,16H,3-12,14-15H2,1-2H3,(H2,22,27)(H,23,24);1H,(H,2,3). The molecule has 1 atom stereocenters. The maximum absolute atomic E-state index is 13.3. The molecule has 0 radical (unpaired) electrons. The topological polar surface area (TPSA) is 142 Å². The van der Waals surface area contributed by atoms with Gasteiger partial charge in [-0.25, -0.2) is 4.98 Å². The van der Waals surface area contributed by atoms with Crippen LogP contribution in [-0.4, -0.2) is 82.1 Å². The van der Waals surface area contributed by atoms with Crippen LogP contribution in [0.2, 0.25) is 0 Å². The highest BCUT2D eigenvalue weighted by molar-refractivity contribution is 5.86. The van der Waals surface area contributed by atoms with E-state index in [1.54, 1.807) is 12.0 Å². The summed E-state index contributed by atoms with van der Waals surface area (Å²) in [6.45, 7) is 5.40. The van der Waals surface area contributed by atoms with Gasteiger partial charge in [-0.3, -0.25) is 19.3 Å². The minimum absolute atomic E-state index is 0.00833. The Kier molecular flexibility index (Phi) is 10.1. The van der Waals surface area contributed by atoms with Crippen molar-refractivity contribution in [2.24, 2.45) is 11.7 Å². The highest BCUT2D eigenvalue weighted by Gasteiger charge is 2.45. The normalized spacial score (nSPS) is 20.8. The lowest BCUT2D eigenvalue weighted by Gasteiger charge is -2.43. The molecule has 0 saturated carbocycles. The Morgan fingerprint density at radius 3 is 2.66 bits per heavy atom. The SMILES string of the molecule is CCCCc1ncc(CN2CCC(OC)(C(=O)N3CCCC(C(N)=O)C3)CC2)[nH]1.O=CO. The van der Waals surface area contributed by atoms with Crippen LogP contribution in [0.3, 0.4) is 0 Å². The van der Waals surface area contributed by atoms with Crippen molar-refractivity contribution in [1.29, 1.82) is 0 Å². The number of nitrogens with zero attached hydrogens (tertiary/aromatic N) is 3. The van der Waals surface area contributed by atoms with E-state index in [4.69, 9.17) is 20.4 Å². The number of likely N-dealkylation sites (tertiary alicyclic amines) is 2. The number of hydrogen-bond acceptors (Lipinski definition) is 6. The van der Waals surface area contributed by atoms with Gasteiger partial charge in [-0.1, -0.05) is 13.3 Å². The molecule has 2 aliphatic heterocycles. The van der Waals surface area contributed by atoms with Crippen LogP contribution in [0, 0.1) is 5.92 Å². The van der Waals surface area contributed by atoms with E-state index in [1.807, 2.05) is 6.20 Å². The summed E-state index contributed by atoms with van der Waals surface area (Å²) in [6.07, 6.45) is 8.08. The molecule has 0 aromatic carbocycles. The average Bonchev–Trinajstić information content (AvgIpc) is 3.25. The highest BCUT2D eigenvalue weighted by atomic mass is 16.5. The minimum Gasteiger partial charge on any atom is -0.483 e. The third kappa shape index (κ3) is 6.77. The van der Waals surface area contributed by atoms with E-state index in [2.05, 4.69) is 21.8 Å². The second kappa shape index (κ2) is 12.5. The summed E-state index contributed by atoms with van der Waals surface area (Å²) in [5.74, 6) is 0.494. The van der Waals surface area contributed by atoms with Crippen molar-refractivity contribution in [2.75, 3.05) is 33.3 Å². The maximum atomic E-state index is 13.3. The van der Waals surface area contributed by atoms with Gasteiger partial charge in [0.1, 0.15) is 11.4 Å². The number of amides is 2. The molecule has 4 N–H and O–H groups in total. The molecule has 0 bridgehead atoms. The Labute approximate surface area is 189 Å². The zero-order valence-electron chi connectivity index (χ0n) is 19.2. The first-order valence-corrected chi connectivity index (χ1v) is 11.4. The number of imidazole rings is 1. The van der Waals surface area contributed by atoms with Crippen molar-refractivity contribution in [1.82, 2.24) is 19.8 Å². The number of piperidine rings is 2. The van der Waals surface area contributed by atoms with Crippen molar-refractivity contribution in [3.05, 3.63) is 17.7 Å². The third-order valence-corrected chi connectivity index (χ3v) is 6.40. The number of hydrogen-bond donors (Lipinski definition) is 3. The fourth-order valence-electron chi connectivity index (χ4n) is 4.46. The van der Waals surface area contributed by atoms with Gasteiger partial charge in [0.2, 0.25) is 5.91 Å². The Morgan fingerprint density at radius 2 is 2.06 bits per heavy atom. The first-order chi connectivity index (χ1) is 15.4. The van der Waals surface area contributed by atoms with E-state index in [1.165, 1.54) is 0 Å². The Morgan fingerprint density at radius 1 is 1.38 bits per heavy atom. The molecule has 1 unspecified atom stereocenters. The Hall–Kier alpha value is -2.46. The van der Waals surface area contributed by atoms with Crippen molar-refractivity contribution in [3.63, 3.8) is 0 Å². The number of primary amides is 1. The van der Waals surface area contributed by atoms with E-state index in [0.717, 1.165) is 63.3 Å². The predicted molar refractivity (Wildman–Crippen MR) is 119 cm³/mol. The number of aromatic nitrogens is 2. The molecule has 180 valence electrons. The van der Waals surface area contributed by atoms with Crippen LogP contribution in [0.25, 0.3) is 0 Å². The van der Waals surface area contributed by atoms with Crippen LogP contribution < -0.4 is 5.73 Å². The minimum atomic E-state index is -0.795. The van der Waals surface area contributed by atoms with Crippen LogP contribution >= 0.6 is 0 Å². The fourth-order valence-corrected chi connectivity index (χ4v) is 4.46. The van der Waals surface area contributed by atoms with E-state index in [0.29, 0.717) is 25.9 Å². The van der Waals surface area contributed by atoms with Gasteiger partial charge in [0.05, 0.1) is 5.92 Å². The molecule has 1 aromatic rings. The number of H-pyrrole nitrogens is 1. The smallest absolute Gasteiger partial charge is 0.290 e. The molecule has 2 saturated heterocycles. The third-order valence-electron chi connectivity index (χ3n) is 6.40. The van der Waals surface area contributed by atoms with E-state index < -0.39 is 5.60 Å². The van der Waals surface area contributed by atoms with Crippen molar-refractivity contribution in [2.45, 2.75) is 64.0 Å². The number of carboxylic acid groups (broad SMARTS) is 1. The monoisotopic (exact) mass is 451 g/mol. The van der Waals surface area contributed by atoms with Gasteiger partial charge in [0, 0.05) is 58.1 Å². The lowest BCUT2D eigenvalue weighted by molar-refractivity contribution is -0.163. The zero-order chi connectivity index (χ0) is 23.6. The quantitative estimate of drug-likeness (QED) is 0.503. The number of carbonyl (C=O) groups is 3. The molecule has 1 aromatic heterocycles. The van der Waals surface area contributed by atoms with Crippen LogP contribution in [-0.2, 0) is 32.1 Å². The van der Waals surface area contributed by atoms with Gasteiger partial charge in [-0.15, -0.1) is 0 Å². The summed E-state index contributed by atoms with van der Waals surface area (Å²) >= 11 is 0. The first-order valence-electron chi connectivity index (χ1n) is 11.4. The van der Waals surface area contributed by atoms with Crippen molar-refractivity contribution in [3.8, 4) is 0 Å². The molecule has 10 nitrogen and oxygen atoms in total. The number of aromatic amines is 1. The number of unbranched alkanes of at least 4 members (excludes halogenated alkanes) is 1. The number of nitrogens with two attached hydrogens (primary N) is 1. The largest absolute Gasteiger partial charge is 0.483 e. The summed E-state index contributed by atoms with van der Waals surface area (Å²) in [5, 5.41) is 6.89. The number of carbonyl (C=O) groups excluding carboxylic acids is 2. The molecular weight excluding hydrogens is 414 g/mol. The fraction of sp³-hybridized carbons (Fsp3) is 0.727. The summed E-state index contributed by atoms with van der Waals surface area (Å²) in [6, 6.07) is 0. The zero-order valence-corrected chi connectivity index (χ0v) is 19.2. The molecule has 10 heteroatoms. The molecule has 32 heavy (non-hydrogen) atoms. The molecule has 3 rings (SSSR count). The van der Waals surface area contributed by atoms with Crippen molar-refractivity contribution < 1.29 is 24.2 Å². The van der Waals surface area contributed by atoms with Crippen LogP contribution in [0.1, 0.15) is 57.0 Å². The molecule has 0 aliphatic carbocycles. The van der Waals surface area contributed by atoms with E-state index >= 15 is 0 Å². The summed E-state index contributed by atoms with van der Waals surface area (Å²) in [5.41, 5.74) is 5.79. The molecule has 2 fully saturated rings. The molecular formula is C22H37N5O5. The van der Waals surface area contributed by atoms with Gasteiger partial charge < -0.3 is 25.5 Å². The summed E-state index contributed by atoms with van der Waals surface area (Å²) < 4.78 is 5.78. The van der Waals surface area contributed by atoms with Crippen LogP contribution in [0.5, 0.6) is 0 Å². The van der Waals surface area contributed by atoms with Gasteiger partial charge in [0.25, 0.3) is 12.4 Å².